The fourth-order valence-electron chi connectivity index (χ4n) is 2.13. The van der Waals surface area contributed by atoms with Crippen LogP contribution in [0.5, 0.6) is 0 Å². The van der Waals surface area contributed by atoms with Crippen LogP contribution >= 0.6 is 11.6 Å². The molecule has 0 bridgehead atoms. The summed E-state index contributed by atoms with van der Waals surface area (Å²) in [6, 6.07) is 8.13. The molecule has 0 fully saturated rings. The molecular formula is C15H21ClN2O. The molecule has 1 aromatic carbocycles. The highest BCUT2D eigenvalue weighted by molar-refractivity contribution is 6.31. The second-order valence-corrected chi connectivity index (χ2v) is 4.95. The van der Waals surface area contributed by atoms with Crippen molar-refractivity contribution in [1.82, 2.24) is 9.88 Å². The average Bonchev–Trinajstić information content (AvgIpc) is 2.80. The van der Waals surface area contributed by atoms with Gasteiger partial charge < -0.3 is 14.6 Å². The van der Waals surface area contributed by atoms with E-state index in [0.29, 0.717) is 0 Å². The van der Waals surface area contributed by atoms with Crippen LogP contribution in [0.25, 0.3) is 10.9 Å². The molecule has 1 aromatic heterocycles. The van der Waals surface area contributed by atoms with Crippen LogP contribution in [0.15, 0.2) is 30.5 Å². The predicted molar refractivity (Wildman–Crippen MR) is 80.9 cm³/mol. The first-order valence-corrected chi connectivity index (χ1v) is 7.22. The number of fused-ring (bicyclic) bond motifs is 1. The van der Waals surface area contributed by atoms with E-state index in [-0.39, 0.29) is 0 Å². The van der Waals surface area contributed by atoms with E-state index in [1.54, 1.807) is 0 Å². The standard InChI is InChI=1S/C15H21ClN2O/c1-2-19-11-3-7-17-8-10-18-9-6-13-12-14(16)4-5-15(13)18/h4-6,9,12,17H,2-3,7-8,10-11H2,1H3. The maximum absolute atomic E-state index is 5.98. The largest absolute Gasteiger partial charge is 0.382 e. The van der Waals surface area contributed by atoms with Gasteiger partial charge >= 0.3 is 0 Å². The van der Waals surface area contributed by atoms with E-state index in [2.05, 4.69) is 28.2 Å². The molecule has 0 saturated heterocycles. The van der Waals surface area contributed by atoms with Crippen LogP contribution in [0.2, 0.25) is 5.02 Å². The Hall–Kier alpha value is -1.03. The quantitative estimate of drug-likeness (QED) is 0.751. The highest BCUT2D eigenvalue weighted by Crippen LogP contribution is 2.20. The number of benzene rings is 1. The molecule has 3 nitrogen and oxygen atoms in total. The molecular weight excluding hydrogens is 260 g/mol. The Morgan fingerprint density at radius 2 is 2.16 bits per heavy atom. The van der Waals surface area contributed by atoms with Gasteiger partial charge in [-0.3, -0.25) is 0 Å². The molecule has 0 saturated carbocycles. The van der Waals surface area contributed by atoms with Gasteiger partial charge in [0.15, 0.2) is 0 Å². The minimum atomic E-state index is 0.791. The van der Waals surface area contributed by atoms with Gasteiger partial charge in [0.05, 0.1) is 0 Å². The van der Waals surface area contributed by atoms with Crippen molar-refractivity contribution in [1.29, 1.82) is 0 Å². The zero-order chi connectivity index (χ0) is 13.5. The number of hydrogen-bond acceptors (Lipinski definition) is 2. The lowest BCUT2D eigenvalue weighted by Gasteiger charge is -2.07. The van der Waals surface area contributed by atoms with Gasteiger partial charge in [-0.25, -0.2) is 0 Å². The normalized spacial score (nSPS) is 11.3. The molecule has 0 amide bonds. The Bertz CT molecular complexity index is 510. The lowest BCUT2D eigenvalue weighted by atomic mass is 10.2. The Morgan fingerprint density at radius 1 is 1.26 bits per heavy atom. The van der Waals surface area contributed by atoms with Crippen molar-refractivity contribution in [3.63, 3.8) is 0 Å². The molecule has 104 valence electrons. The highest BCUT2D eigenvalue weighted by Gasteiger charge is 2.00. The van der Waals surface area contributed by atoms with Crippen LogP contribution in [-0.4, -0.2) is 30.9 Å². The van der Waals surface area contributed by atoms with Crippen LogP contribution in [0.3, 0.4) is 0 Å². The molecule has 0 atom stereocenters. The first kappa shape index (κ1) is 14.4. The molecule has 1 N–H and O–H groups in total. The van der Waals surface area contributed by atoms with Crippen molar-refractivity contribution in [2.24, 2.45) is 0 Å². The van der Waals surface area contributed by atoms with E-state index in [1.807, 2.05) is 19.1 Å². The topological polar surface area (TPSA) is 26.2 Å². The molecule has 0 unspecified atom stereocenters. The fraction of sp³-hybridized carbons (Fsp3) is 0.467. The fourth-order valence-corrected chi connectivity index (χ4v) is 2.31. The molecule has 2 aromatic rings. The third-order valence-electron chi connectivity index (χ3n) is 3.11. The molecule has 2 rings (SSSR count). The molecule has 0 aliphatic carbocycles. The molecule has 0 aliphatic heterocycles. The van der Waals surface area contributed by atoms with E-state index in [4.69, 9.17) is 16.3 Å². The van der Waals surface area contributed by atoms with Crippen LogP contribution in [0, 0.1) is 0 Å². The van der Waals surface area contributed by atoms with Crippen molar-refractivity contribution in [3.05, 3.63) is 35.5 Å². The number of hydrogen-bond donors (Lipinski definition) is 1. The van der Waals surface area contributed by atoms with Gasteiger partial charge in [0.25, 0.3) is 0 Å². The number of ether oxygens (including phenoxy) is 1. The minimum Gasteiger partial charge on any atom is -0.382 e. The van der Waals surface area contributed by atoms with Crippen molar-refractivity contribution in [2.75, 3.05) is 26.3 Å². The van der Waals surface area contributed by atoms with Gasteiger partial charge in [-0.05, 0) is 44.2 Å². The highest BCUT2D eigenvalue weighted by atomic mass is 35.5. The average molecular weight is 281 g/mol. The number of rotatable bonds is 8. The summed E-state index contributed by atoms with van der Waals surface area (Å²) >= 11 is 5.98. The SMILES string of the molecule is CCOCCCNCCn1ccc2cc(Cl)ccc21. The van der Waals surface area contributed by atoms with Crippen LogP contribution in [-0.2, 0) is 11.3 Å². The van der Waals surface area contributed by atoms with Crippen molar-refractivity contribution >= 4 is 22.5 Å². The summed E-state index contributed by atoms with van der Waals surface area (Å²) in [6.45, 7) is 6.62. The minimum absolute atomic E-state index is 0.791. The first-order valence-electron chi connectivity index (χ1n) is 6.84. The van der Waals surface area contributed by atoms with E-state index >= 15 is 0 Å². The van der Waals surface area contributed by atoms with Gasteiger partial charge in [0.2, 0.25) is 0 Å². The van der Waals surface area contributed by atoms with Gasteiger partial charge in [-0.2, -0.15) is 0 Å². The number of aromatic nitrogens is 1. The smallest absolute Gasteiger partial charge is 0.0481 e. The second-order valence-electron chi connectivity index (χ2n) is 4.51. The van der Waals surface area contributed by atoms with E-state index in [0.717, 1.165) is 44.3 Å². The van der Waals surface area contributed by atoms with Gasteiger partial charge in [0.1, 0.15) is 0 Å². The molecule has 4 heteroatoms. The van der Waals surface area contributed by atoms with Gasteiger partial charge in [-0.15, -0.1) is 0 Å². The molecule has 0 radical (unpaired) electrons. The van der Waals surface area contributed by atoms with E-state index < -0.39 is 0 Å². The van der Waals surface area contributed by atoms with E-state index in [9.17, 15) is 0 Å². The lowest BCUT2D eigenvalue weighted by molar-refractivity contribution is 0.145. The lowest BCUT2D eigenvalue weighted by Crippen LogP contribution is -2.21. The Balaban J connectivity index is 1.76. The van der Waals surface area contributed by atoms with E-state index in [1.165, 1.54) is 10.9 Å². The summed E-state index contributed by atoms with van der Waals surface area (Å²) in [5.41, 5.74) is 1.24. The number of nitrogens with zero attached hydrogens (tertiary/aromatic N) is 1. The van der Waals surface area contributed by atoms with Crippen LogP contribution < -0.4 is 5.32 Å². The third kappa shape index (κ3) is 4.23. The first-order chi connectivity index (χ1) is 9.31. The predicted octanol–water partition coefficient (Wildman–Crippen LogP) is 3.31. The van der Waals surface area contributed by atoms with Crippen LogP contribution in [0.4, 0.5) is 0 Å². The molecule has 0 spiro atoms. The Labute approximate surface area is 119 Å². The van der Waals surface area contributed by atoms with Crippen molar-refractivity contribution in [2.45, 2.75) is 19.9 Å². The summed E-state index contributed by atoms with van der Waals surface area (Å²) in [4.78, 5) is 0. The zero-order valence-corrected chi connectivity index (χ0v) is 12.1. The van der Waals surface area contributed by atoms with Gasteiger partial charge in [-0.1, -0.05) is 11.6 Å². The zero-order valence-electron chi connectivity index (χ0n) is 11.4. The summed E-state index contributed by atoms with van der Waals surface area (Å²) in [7, 11) is 0. The van der Waals surface area contributed by atoms with Gasteiger partial charge in [0, 0.05) is 48.4 Å². The number of halogens is 1. The Kier molecular flexibility index (Phi) is 5.70. The summed E-state index contributed by atoms with van der Waals surface area (Å²) in [5.74, 6) is 0. The van der Waals surface area contributed by atoms with Crippen LogP contribution in [0.1, 0.15) is 13.3 Å². The maximum atomic E-state index is 5.98. The summed E-state index contributed by atoms with van der Waals surface area (Å²) in [5, 5.41) is 5.42. The molecule has 19 heavy (non-hydrogen) atoms. The monoisotopic (exact) mass is 280 g/mol. The Morgan fingerprint density at radius 3 is 3.00 bits per heavy atom. The third-order valence-corrected chi connectivity index (χ3v) is 3.34. The molecule has 0 aliphatic rings. The van der Waals surface area contributed by atoms with Crippen molar-refractivity contribution < 1.29 is 4.74 Å². The second kappa shape index (κ2) is 7.53. The number of nitrogens with one attached hydrogen (secondary N) is 1. The van der Waals surface area contributed by atoms with Crippen molar-refractivity contribution in [3.8, 4) is 0 Å². The molecule has 1 heterocycles. The maximum Gasteiger partial charge on any atom is 0.0481 e. The summed E-state index contributed by atoms with van der Waals surface area (Å²) in [6.07, 6.45) is 3.18. The summed E-state index contributed by atoms with van der Waals surface area (Å²) < 4.78 is 7.55.